The molecule has 3 aromatic rings. The van der Waals surface area contributed by atoms with Crippen molar-refractivity contribution < 1.29 is 0 Å². The Morgan fingerprint density at radius 3 is 3.24 bits per heavy atom. The standard InChI is InChI=1S/C9H8N6OS/c16-9-13-12-8-2-1-7(14-15(8)9)10-3-6-4-17-5-11-6/h1-2,4-5H,3H2,(H,10,14)(H,13,16). The fourth-order valence-corrected chi connectivity index (χ4v) is 1.96. The van der Waals surface area contributed by atoms with Gasteiger partial charge in [0.15, 0.2) is 5.65 Å². The fourth-order valence-electron chi connectivity index (χ4n) is 1.40. The zero-order valence-corrected chi connectivity index (χ0v) is 9.44. The van der Waals surface area contributed by atoms with Gasteiger partial charge in [0.1, 0.15) is 5.82 Å². The molecule has 0 saturated heterocycles. The van der Waals surface area contributed by atoms with Crippen LogP contribution in [0.4, 0.5) is 5.82 Å². The van der Waals surface area contributed by atoms with Gasteiger partial charge in [-0.25, -0.2) is 14.9 Å². The molecule has 17 heavy (non-hydrogen) atoms. The van der Waals surface area contributed by atoms with Crippen molar-refractivity contribution in [1.82, 2.24) is 24.8 Å². The SMILES string of the molecule is O=c1[nH]nc2ccc(NCc3cscn3)nn12. The molecule has 0 atom stereocenters. The molecule has 0 unspecified atom stereocenters. The number of aromatic nitrogens is 5. The molecule has 0 aliphatic carbocycles. The molecular weight excluding hydrogens is 240 g/mol. The van der Waals surface area contributed by atoms with Crippen molar-refractivity contribution in [2.45, 2.75) is 6.54 Å². The van der Waals surface area contributed by atoms with Crippen LogP contribution in [0.15, 0.2) is 27.8 Å². The van der Waals surface area contributed by atoms with Gasteiger partial charge in [-0.05, 0) is 12.1 Å². The Kier molecular flexibility index (Phi) is 2.33. The maximum Gasteiger partial charge on any atom is 0.364 e. The molecule has 3 heterocycles. The third-order valence-electron chi connectivity index (χ3n) is 2.21. The summed E-state index contributed by atoms with van der Waals surface area (Å²) in [4.78, 5) is 15.5. The molecule has 0 fully saturated rings. The molecule has 0 aliphatic rings. The average molecular weight is 248 g/mol. The van der Waals surface area contributed by atoms with Crippen molar-refractivity contribution in [3.05, 3.63) is 39.2 Å². The quantitative estimate of drug-likeness (QED) is 0.704. The van der Waals surface area contributed by atoms with Gasteiger partial charge in [-0.15, -0.1) is 16.4 Å². The third kappa shape index (κ3) is 1.89. The average Bonchev–Trinajstić information content (AvgIpc) is 2.97. The highest BCUT2D eigenvalue weighted by molar-refractivity contribution is 7.07. The zero-order chi connectivity index (χ0) is 11.7. The number of hydrogen-bond acceptors (Lipinski definition) is 6. The first-order chi connectivity index (χ1) is 8.33. The summed E-state index contributed by atoms with van der Waals surface area (Å²) in [6, 6.07) is 3.48. The van der Waals surface area contributed by atoms with Crippen LogP contribution in [0.5, 0.6) is 0 Å². The minimum absolute atomic E-state index is 0.350. The Bertz CT molecular complexity index is 685. The van der Waals surface area contributed by atoms with Gasteiger partial charge in [0.2, 0.25) is 0 Å². The molecular formula is C9H8N6OS. The molecule has 0 bridgehead atoms. The summed E-state index contributed by atoms with van der Waals surface area (Å²) in [5.41, 5.74) is 2.86. The molecule has 3 rings (SSSR count). The lowest BCUT2D eigenvalue weighted by Crippen LogP contribution is -2.14. The van der Waals surface area contributed by atoms with Gasteiger partial charge in [-0.2, -0.15) is 9.61 Å². The van der Waals surface area contributed by atoms with Crippen LogP contribution in [-0.4, -0.2) is 24.8 Å². The van der Waals surface area contributed by atoms with Gasteiger partial charge in [-0.1, -0.05) is 0 Å². The molecule has 86 valence electrons. The van der Waals surface area contributed by atoms with Crippen molar-refractivity contribution in [2.75, 3.05) is 5.32 Å². The lowest BCUT2D eigenvalue weighted by Gasteiger charge is -2.02. The molecule has 0 aliphatic heterocycles. The normalized spacial score (nSPS) is 10.8. The van der Waals surface area contributed by atoms with Crippen molar-refractivity contribution in [3.63, 3.8) is 0 Å². The molecule has 0 aromatic carbocycles. The number of aromatic amines is 1. The van der Waals surface area contributed by atoms with E-state index < -0.39 is 0 Å². The van der Waals surface area contributed by atoms with Gasteiger partial charge in [-0.3, -0.25) is 0 Å². The second-order valence-electron chi connectivity index (χ2n) is 3.35. The van der Waals surface area contributed by atoms with E-state index in [1.165, 1.54) is 15.9 Å². The smallest absolute Gasteiger partial charge is 0.363 e. The van der Waals surface area contributed by atoms with Gasteiger partial charge < -0.3 is 5.32 Å². The Balaban J connectivity index is 1.85. The van der Waals surface area contributed by atoms with E-state index in [1.54, 1.807) is 17.6 Å². The van der Waals surface area contributed by atoms with Crippen molar-refractivity contribution >= 4 is 22.8 Å². The first kappa shape index (κ1) is 9.97. The first-order valence-corrected chi connectivity index (χ1v) is 5.82. The summed E-state index contributed by atoms with van der Waals surface area (Å²) in [5, 5.41) is 15.3. The van der Waals surface area contributed by atoms with E-state index in [0.717, 1.165) is 5.69 Å². The number of hydrogen-bond donors (Lipinski definition) is 2. The number of nitrogens with one attached hydrogen (secondary N) is 2. The van der Waals surface area contributed by atoms with Crippen LogP contribution in [0.2, 0.25) is 0 Å². The Morgan fingerprint density at radius 1 is 1.47 bits per heavy atom. The second-order valence-corrected chi connectivity index (χ2v) is 4.07. The van der Waals surface area contributed by atoms with Crippen LogP contribution in [-0.2, 0) is 6.54 Å². The summed E-state index contributed by atoms with van der Waals surface area (Å²) in [7, 11) is 0. The first-order valence-electron chi connectivity index (χ1n) is 4.88. The summed E-state index contributed by atoms with van der Waals surface area (Å²) in [6.07, 6.45) is 0. The number of nitrogens with zero attached hydrogens (tertiary/aromatic N) is 4. The van der Waals surface area contributed by atoms with E-state index >= 15 is 0 Å². The largest absolute Gasteiger partial charge is 0.364 e. The van der Waals surface area contributed by atoms with Crippen LogP contribution >= 0.6 is 11.3 Å². The van der Waals surface area contributed by atoms with Crippen LogP contribution in [0.1, 0.15) is 5.69 Å². The minimum atomic E-state index is -0.350. The van der Waals surface area contributed by atoms with Gasteiger partial charge in [0, 0.05) is 5.38 Å². The number of rotatable bonds is 3. The van der Waals surface area contributed by atoms with Crippen molar-refractivity contribution in [1.29, 1.82) is 0 Å². The van der Waals surface area contributed by atoms with Crippen molar-refractivity contribution in [3.8, 4) is 0 Å². The van der Waals surface area contributed by atoms with Gasteiger partial charge in [0.25, 0.3) is 0 Å². The lowest BCUT2D eigenvalue weighted by molar-refractivity contribution is 0.873. The van der Waals surface area contributed by atoms with E-state index in [9.17, 15) is 4.79 Å². The van der Waals surface area contributed by atoms with E-state index in [1.807, 2.05) is 5.38 Å². The second kappa shape index (κ2) is 3.98. The molecule has 8 heteroatoms. The van der Waals surface area contributed by atoms with E-state index in [4.69, 9.17) is 0 Å². The van der Waals surface area contributed by atoms with Crippen LogP contribution in [0.3, 0.4) is 0 Å². The van der Waals surface area contributed by atoms with Crippen LogP contribution in [0, 0.1) is 0 Å². The van der Waals surface area contributed by atoms with E-state index in [-0.39, 0.29) is 5.69 Å². The maximum atomic E-state index is 11.3. The van der Waals surface area contributed by atoms with Gasteiger partial charge >= 0.3 is 5.69 Å². The molecule has 2 N–H and O–H groups in total. The van der Waals surface area contributed by atoms with Crippen molar-refractivity contribution in [2.24, 2.45) is 0 Å². The summed E-state index contributed by atoms with van der Waals surface area (Å²) in [5.74, 6) is 0.606. The molecule has 7 nitrogen and oxygen atoms in total. The molecule has 0 saturated carbocycles. The number of anilines is 1. The minimum Gasteiger partial charge on any atom is -0.363 e. The van der Waals surface area contributed by atoms with Crippen LogP contribution < -0.4 is 11.0 Å². The maximum absolute atomic E-state index is 11.3. The molecule has 0 spiro atoms. The predicted molar refractivity (Wildman–Crippen MR) is 63.0 cm³/mol. The fraction of sp³-hybridized carbons (Fsp3) is 0.111. The predicted octanol–water partition coefficient (Wildman–Crippen LogP) is 0.486. The topological polar surface area (TPSA) is 88.0 Å². The monoisotopic (exact) mass is 248 g/mol. The lowest BCUT2D eigenvalue weighted by atomic mass is 10.4. The van der Waals surface area contributed by atoms with E-state index in [2.05, 4.69) is 25.6 Å². The highest BCUT2D eigenvalue weighted by atomic mass is 32.1. The molecule has 0 amide bonds. The Morgan fingerprint density at radius 2 is 2.41 bits per heavy atom. The number of H-pyrrole nitrogens is 1. The summed E-state index contributed by atoms with van der Waals surface area (Å²) < 4.78 is 1.21. The van der Waals surface area contributed by atoms with Gasteiger partial charge in [0.05, 0.1) is 17.7 Å². The zero-order valence-electron chi connectivity index (χ0n) is 8.62. The van der Waals surface area contributed by atoms with E-state index in [0.29, 0.717) is 18.0 Å². The Labute approximate surface area is 99.1 Å². The summed E-state index contributed by atoms with van der Waals surface area (Å²) >= 11 is 1.54. The Hall–Kier alpha value is -2.22. The highest BCUT2D eigenvalue weighted by Gasteiger charge is 2.02. The third-order valence-corrected chi connectivity index (χ3v) is 2.84. The number of thiazole rings is 1. The summed E-state index contributed by atoms with van der Waals surface area (Å²) in [6.45, 7) is 0.578. The molecule has 3 aromatic heterocycles. The van der Waals surface area contributed by atoms with Crippen LogP contribution in [0.25, 0.3) is 5.65 Å². The molecule has 0 radical (unpaired) electrons. The number of fused-ring (bicyclic) bond motifs is 1. The highest BCUT2D eigenvalue weighted by Crippen LogP contribution is 2.06.